The average Bonchev–Trinajstić information content (AvgIpc) is 2.88. The summed E-state index contributed by atoms with van der Waals surface area (Å²) < 4.78 is 7.57. The van der Waals surface area contributed by atoms with Crippen molar-refractivity contribution in [2.24, 2.45) is 14.1 Å². The van der Waals surface area contributed by atoms with Crippen molar-refractivity contribution in [3.8, 4) is 0 Å². The Morgan fingerprint density at radius 3 is 2.56 bits per heavy atom. The van der Waals surface area contributed by atoms with E-state index in [4.69, 9.17) is 4.74 Å². The van der Waals surface area contributed by atoms with E-state index in [1.54, 1.807) is 12.1 Å². The Hall–Kier alpha value is -3.09. The van der Waals surface area contributed by atoms with Crippen LogP contribution in [0.5, 0.6) is 0 Å². The van der Waals surface area contributed by atoms with Gasteiger partial charge < -0.3 is 9.72 Å². The minimum Gasteiger partial charge on any atom is -0.456 e. The second-order valence-corrected chi connectivity index (χ2v) is 6.09. The number of nitrogens with one attached hydrogen (secondary N) is 1. The molecule has 0 atom stereocenters. The number of ether oxygens (including phenoxy) is 1. The van der Waals surface area contributed by atoms with Crippen LogP contribution in [-0.4, -0.2) is 20.1 Å². The predicted octanol–water partition coefficient (Wildman–Crippen LogP) is 1.54. The van der Waals surface area contributed by atoms with Crippen molar-refractivity contribution >= 4 is 16.9 Å². The number of carbonyl (C=O) groups is 1. The Morgan fingerprint density at radius 2 is 1.84 bits per heavy atom. The van der Waals surface area contributed by atoms with Crippen LogP contribution in [0.1, 0.15) is 27.3 Å². The van der Waals surface area contributed by atoms with Gasteiger partial charge in [0.1, 0.15) is 6.61 Å². The summed E-state index contributed by atoms with van der Waals surface area (Å²) in [5.74, 6) is -0.506. The second-order valence-electron chi connectivity index (χ2n) is 6.09. The summed E-state index contributed by atoms with van der Waals surface area (Å²) in [5, 5.41) is 0.966. The third kappa shape index (κ3) is 2.88. The number of aromatic amines is 1. The maximum absolute atomic E-state index is 12.3. The summed E-state index contributed by atoms with van der Waals surface area (Å²) in [5.41, 5.74) is 2.96. The van der Waals surface area contributed by atoms with Crippen molar-refractivity contribution < 1.29 is 9.53 Å². The molecule has 0 aliphatic heterocycles. The van der Waals surface area contributed by atoms with Crippen LogP contribution in [0.4, 0.5) is 0 Å². The van der Waals surface area contributed by atoms with Gasteiger partial charge in [0.05, 0.1) is 11.3 Å². The zero-order valence-electron chi connectivity index (χ0n) is 14.5. The highest BCUT2D eigenvalue weighted by atomic mass is 16.5. The number of hydrogen-bond acceptors (Lipinski definition) is 4. The first-order valence-electron chi connectivity index (χ1n) is 7.81. The molecule has 7 heteroatoms. The van der Waals surface area contributed by atoms with E-state index in [1.165, 1.54) is 24.7 Å². The summed E-state index contributed by atoms with van der Waals surface area (Å²) in [6, 6.07) is 6.58. The molecule has 7 nitrogen and oxygen atoms in total. The molecule has 0 amide bonds. The van der Waals surface area contributed by atoms with Crippen LogP contribution in [0, 0.1) is 13.8 Å². The fourth-order valence-electron chi connectivity index (χ4n) is 2.73. The van der Waals surface area contributed by atoms with Crippen LogP contribution >= 0.6 is 0 Å². The smallest absolute Gasteiger partial charge is 0.338 e. The number of fused-ring (bicyclic) bond motifs is 1. The van der Waals surface area contributed by atoms with E-state index in [2.05, 4.69) is 4.98 Å². The van der Waals surface area contributed by atoms with Crippen LogP contribution < -0.4 is 11.2 Å². The highest BCUT2D eigenvalue weighted by molar-refractivity contribution is 5.96. The molecule has 2 aromatic heterocycles. The van der Waals surface area contributed by atoms with Gasteiger partial charge in [-0.15, -0.1) is 0 Å². The lowest BCUT2D eigenvalue weighted by molar-refractivity contribution is 0.0463. The number of aromatic nitrogens is 3. The molecule has 130 valence electrons. The van der Waals surface area contributed by atoms with Crippen molar-refractivity contribution in [1.82, 2.24) is 14.1 Å². The van der Waals surface area contributed by atoms with Crippen molar-refractivity contribution in [1.29, 1.82) is 0 Å². The molecule has 0 bridgehead atoms. The number of hydrogen-bond donors (Lipinski definition) is 1. The third-order valence-electron chi connectivity index (χ3n) is 4.52. The molecule has 0 radical (unpaired) electrons. The van der Waals surface area contributed by atoms with Gasteiger partial charge in [-0.3, -0.25) is 13.9 Å². The Labute approximate surface area is 143 Å². The Bertz CT molecular complexity index is 1100. The molecule has 3 aromatic rings. The van der Waals surface area contributed by atoms with E-state index in [9.17, 15) is 14.4 Å². The quantitative estimate of drug-likeness (QED) is 0.732. The lowest BCUT2D eigenvalue weighted by Gasteiger charge is -2.10. The van der Waals surface area contributed by atoms with Crippen LogP contribution in [0.15, 0.2) is 33.9 Å². The lowest BCUT2D eigenvalue weighted by atomic mass is 10.1. The fraction of sp³-hybridized carbons (Fsp3) is 0.278. The molecular formula is C18H19N3O4. The minimum atomic E-state index is -0.506. The molecule has 0 saturated carbocycles. The van der Waals surface area contributed by atoms with Gasteiger partial charge in [0.2, 0.25) is 0 Å². The van der Waals surface area contributed by atoms with E-state index >= 15 is 0 Å². The molecule has 2 heterocycles. The van der Waals surface area contributed by atoms with Crippen LogP contribution in [0.3, 0.4) is 0 Å². The van der Waals surface area contributed by atoms with Crippen molar-refractivity contribution in [3.63, 3.8) is 0 Å². The van der Waals surface area contributed by atoms with Crippen molar-refractivity contribution in [2.45, 2.75) is 20.5 Å². The van der Waals surface area contributed by atoms with Crippen molar-refractivity contribution in [2.75, 3.05) is 0 Å². The molecule has 0 aliphatic carbocycles. The molecule has 0 fully saturated rings. The highest BCUT2D eigenvalue weighted by Crippen LogP contribution is 2.22. The number of aryl methyl sites for hydroxylation is 2. The Balaban J connectivity index is 1.85. The zero-order valence-corrected chi connectivity index (χ0v) is 14.5. The molecule has 0 spiro atoms. The first kappa shape index (κ1) is 16.8. The van der Waals surface area contributed by atoms with Crippen LogP contribution in [-0.2, 0) is 25.4 Å². The topological polar surface area (TPSA) is 86.1 Å². The Morgan fingerprint density at radius 1 is 1.12 bits per heavy atom. The summed E-state index contributed by atoms with van der Waals surface area (Å²) in [7, 11) is 2.93. The maximum atomic E-state index is 12.3. The van der Waals surface area contributed by atoms with E-state index in [1.807, 2.05) is 19.9 Å². The zero-order chi connectivity index (χ0) is 18.3. The summed E-state index contributed by atoms with van der Waals surface area (Å²) >= 11 is 0. The van der Waals surface area contributed by atoms with Crippen LogP contribution in [0.25, 0.3) is 10.9 Å². The average molecular weight is 341 g/mol. The van der Waals surface area contributed by atoms with E-state index in [-0.39, 0.29) is 6.61 Å². The predicted molar refractivity (Wildman–Crippen MR) is 93.8 cm³/mol. The normalized spacial score (nSPS) is 11.0. The second kappa shape index (κ2) is 6.08. The summed E-state index contributed by atoms with van der Waals surface area (Å²) in [6.07, 6.45) is 0. The van der Waals surface area contributed by atoms with Gasteiger partial charge in [0, 0.05) is 36.8 Å². The molecule has 1 N–H and O–H groups in total. The Kier molecular flexibility index (Phi) is 4.08. The minimum absolute atomic E-state index is 0.149. The molecule has 0 saturated heterocycles. The molecule has 3 rings (SSSR count). The molecule has 0 aliphatic rings. The number of benzene rings is 1. The number of H-pyrrole nitrogens is 1. The summed E-state index contributed by atoms with van der Waals surface area (Å²) in [6.45, 7) is 3.81. The summed E-state index contributed by atoms with van der Waals surface area (Å²) in [4.78, 5) is 39.2. The number of esters is 1. The number of nitrogens with zero attached hydrogens (tertiary/aromatic N) is 2. The largest absolute Gasteiger partial charge is 0.456 e. The first-order valence-corrected chi connectivity index (χ1v) is 7.81. The first-order chi connectivity index (χ1) is 11.8. The van der Waals surface area contributed by atoms with Gasteiger partial charge in [-0.05, 0) is 37.6 Å². The standard InChI is InChI=1S/C18H19N3O4/c1-10-11(2)19-15-6-5-12(7-14(10)15)17(23)25-9-13-8-16(22)21(4)18(24)20(13)3/h5-8,19H,9H2,1-4H3. The van der Waals surface area contributed by atoms with Gasteiger partial charge in [-0.1, -0.05) is 0 Å². The van der Waals surface area contributed by atoms with E-state index in [0.717, 1.165) is 26.7 Å². The van der Waals surface area contributed by atoms with Gasteiger partial charge in [-0.2, -0.15) is 0 Å². The molecular weight excluding hydrogens is 322 g/mol. The monoisotopic (exact) mass is 341 g/mol. The van der Waals surface area contributed by atoms with E-state index in [0.29, 0.717) is 11.3 Å². The highest BCUT2D eigenvalue weighted by Gasteiger charge is 2.13. The van der Waals surface area contributed by atoms with Gasteiger partial charge in [0.15, 0.2) is 0 Å². The SMILES string of the molecule is Cc1[nH]c2ccc(C(=O)OCc3cc(=O)n(C)c(=O)n3C)cc2c1C. The van der Waals surface area contributed by atoms with Crippen molar-refractivity contribution in [3.05, 3.63) is 67.6 Å². The van der Waals surface area contributed by atoms with Gasteiger partial charge in [0.25, 0.3) is 5.56 Å². The number of carbonyl (C=O) groups excluding carboxylic acids is 1. The molecule has 0 unspecified atom stereocenters. The van der Waals surface area contributed by atoms with Crippen LogP contribution in [0.2, 0.25) is 0 Å². The lowest BCUT2D eigenvalue weighted by Crippen LogP contribution is -2.38. The molecule has 1 aromatic carbocycles. The van der Waals surface area contributed by atoms with E-state index < -0.39 is 17.2 Å². The number of rotatable bonds is 3. The van der Waals surface area contributed by atoms with Gasteiger partial charge >= 0.3 is 11.7 Å². The maximum Gasteiger partial charge on any atom is 0.338 e. The fourth-order valence-corrected chi connectivity index (χ4v) is 2.73. The molecule has 25 heavy (non-hydrogen) atoms. The van der Waals surface area contributed by atoms with Gasteiger partial charge in [-0.25, -0.2) is 9.59 Å². The third-order valence-corrected chi connectivity index (χ3v) is 4.52.